The van der Waals surface area contributed by atoms with E-state index in [-0.39, 0.29) is 0 Å². The molecule has 0 amide bonds. The van der Waals surface area contributed by atoms with Gasteiger partial charge in [0.2, 0.25) is 0 Å². The van der Waals surface area contributed by atoms with Crippen molar-refractivity contribution in [3.63, 3.8) is 0 Å². The van der Waals surface area contributed by atoms with Crippen molar-refractivity contribution < 1.29 is 0 Å². The van der Waals surface area contributed by atoms with Gasteiger partial charge in [0, 0.05) is 59.4 Å². The second kappa shape index (κ2) is 8.68. The molecule has 138 valence electrons. The highest BCUT2D eigenvalue weighted by atomic mass is 15.3. The van der Waals surface area contributed by atoms with Crippen LogP contribution in [0.25, 0.3) is 0 Å². The van der Waals surface area contributed by atoms with Gasteiger partial charge in [0.05, 0.1) is 0 Å². The minimum atomic E-state index is 0.622. The first-order valence-corrected chi connectivity index (χ1v) is 9.59. The predicted octanol–water partition coefficient (Wildman–Crippen LogP) is 1.50. The summed E-state index contributed by atoms with van der Waals surface area (Å²) in [5.41, 5.74) is 2.92. The van der Waals surface area contributed by atoms with E-state index in [4.69, 9.17) is 0 Å². The Hall–Kier alpha value is -1.59. The SMILES string of the molecule is CN=C(NCC(C)CN1CCN(C)CC1)N1CCc2ccccc2C1. The summed E-state index contributed by atoms with van der Waals surface area (Å²) in [5, 5.41) is 3.61. The Morgan fingerprint density at radius 3 is 2.56 bits per heavy atom. The quantitative estimate of drug-likeness (QED) is 0.664. The van der Waals surface area contributed by atoms with Gasteiger partial charge >= 0.3 is 0 Å². The summed E-state index contributed by atoms with van der Waals surface area (Å²) >= 11 is 0. The maximum absolute atomic E-state index is 4.52. The first-order chi connectivity index (χ1) is 12.2. The van der Waals surface area contributed by atoms with Crippen molar-refractivity contribution in [3.05, 3.63) is 35.4 Å². The summed E-state index contributed by atoms with van der Waals surface area (Å²) in [6.07, 6.45) is 1.10. The number of nitrogens with one attached hydrogen (secondary N) is 1. The lowest BCUT2D eigenvalue weighted by Gasteiger charge is -2.35. The number of piperazine rings is 1. The van der Waals surface area contributed by atoms with E-state index in [2.05, 4.69) is 63.2 Å². The maximum atomic E-state index is 4.52. The number of benzene rings is 1. The molecule has 25 heavy (non-hydrogen) atoms. The van der Waals surface area contributed by atoms with Crippen LogP contribution < -0.4 is 5.32 Å². The molecule has 1 fully saturated rings. The summed E-state index contributed by atoms with van der Waals surface area (Å²) in [6, 6.07) is 8.77. The van der Waals surface area contributed by atoms with Gasteiger partial charge in [0.15, 0.2) is 5.96 Å². The molecule has 1 unspecified atom stereocenters. The van der Waals surface area contributed by atoms with E-state index in [0.29, 0.717) is 5.92 Å². The molecule has 0 radical (unpaired) electrons. The number of nitrogens with zero attached hydrogens (tertiary/aromatic N) is 4. The number of guanidine groups is 1. The Balaban J connectivity index is 1.46. The lowest BCUT2D eigenvalue weighted by atomic mass is 10.0. The fourth-order valence-corrected chi connectivity index (χ4v) is 3.81. The molecule has 1 aromatic carbocycles. The van der Waals surface area contributed by atoms with Crippen LogP contribution in [0.2, 0.25) is 0 Å². The van der Waals surface area contributed by atoms with Gasteiger partial charge in [0.25, 0.3) is 0 Å². The van der Waals surface area contributed by atoms with Crippen molar-refractivity contribution in [2.45, 2.75) is 19.9 Å². The molecule has 2 aliphatic heterocycles. The Bertz CT molecular complexity index is 577. The second-order valence-corrected chi connectivity index (χ2v) is 7.58. The van der Waals surface area contributed by atoms with Crippen LogP contribution in [-0.2, 0) is 13.0 Å². The monoisotopic (exact) mass is 343 g/mol. The van der Waals surface area contributed by atoms with Crippen molar-refractivity contribution in [3.8, 4) is 0 Å². The summed E-state index contributed by atoms with van der Waals surface area (Å²) < 4.78 is 0. The average Bonchev–Trinajstić information content (AvgIpc) is 2.64. The van der Waals surface area contributed by atoms with Crippen LogP contribution in [0.3, 0.4) is 0 Å². The summed E-state index contributed by atoms with van der Waals surface area (Å²) in [6.45, 7) is 11.3. The van der Waals surface area contributed by atoms with Gasteiger partial charge in [-0.05, 0) is 30.5 Å². The van der Waals surface area contributed by atoms with Crippen LogP contribution in [0.1, 0.15) is 18.1 Å². The molecule has 0 bridgehead atoms. The standard InChI is InChI=1S/C20H33N5/c1-17(15-24-12-10-23(3)11-13-24)14-22-20(21-2)25-9-8-18-6-4-5-7-19(18)16-25/h4-7,17H,8-16H2,1-3H3,(H,21,22). The van der Waals surface area contributed by atoms with Gasteiger partial charge in [-0.1, -0.05) is 31.2 Å². The molecular weight excluding hydrogens is 310 g/mol. The first-order valence-electron chi connectivity index (χ1n) is 9.59. The molecule has 1 N–H and O–H groups in total. The van der Waals surface area contributed by atoms with E-state index in [1.807, 2.05) is 7.05 Å². The number of hydrogen-bond acceptors (Lipinski definition) is 3. The molecule has 2 heterocycles. The zero-order valence-electron chi connectivity index (χ0n) is 16.0. The minimum absolute atomic E-state index is 0.622. The lowest BCUT2D eigenvalue weighted by molar-refractivity contribution is 0.139. The molecule has 0 aromatic heterocycles. The van der Waals surface area contributed by atoms with Crippen LogP contribution in [-0.4, -0.2) is 80.6 Å². The molecule has 1 aromatic rings. The molecule has 5 nitrogen and oxygen atoms in total. The Labute approximate surface area is 152 Å². The van der Waals surface area contributed by atoms with Gasteiger partial charge in [-0.25, -0.2) is 0 Å². The zero-order valence-corrected chi connectivity index (χ0v) is 16.0. The smallest absolute Gasteiger partial charge is 0.193 e. The van der Waals surface area contributed by atoms with Gasteiger partial charge in [-0.15, -0.1) is 0 Å². The van der Waals surface area contributed by atoms with Gasteiger partial charge in [-0.3, -0.25) is 4.99 Å². The van der Waals surface area contributed by atoms with Crippen LogP contribution in [0.4, 0.5) is 0 Å². The third-order valence-electron chi connectivity index (χ3n) is 5.42. The Morgan fingerprint density at radius 1 is 1.12 bits per heavy atom. The minimum Gasteiger partial charge on any atom is -0.356 e. The zero-order chi connectivity index (χ0) is 17.6. The van der Waals surface area contributed by atoms with Crippen molar-refractivity contribution in [2.24, 2.45) is 10.9 Å². The van der Waals surface area contributed by atoms with Crippen molar-refractivity contribution in [1.82, 2.24) is 20.0 Å². The average molecular weight is 344 g/mol. The highest BCUT2D eigenvalue weighted by Gasteiger charge is 2.20. The molecule has 5 heteroatoms. The third kappa shape index (κ3) is 4.95. The summed E-state index contributed by atoms with van der Waals surface area (Å²) in [5.74, 6) is 1.66. The second-order valence-electron chi connectivity index (χ2n) is 7.58. The molecule has 2 aliphatic rings. The van der Waals surface area contributed by atoms with E-state index < -0.39 is 0 Å². The number of likely N-dealkylation sites (N-methyl/N-ethyl adjacent to an activating group) is 1. The molecule has 0 aliphatic carbocycles. The number of aliphatic imine (C=N–C) groups is 1. The van der Waals surface area contributed by atoms with Crippen LogP contribution >= 0.6 is 0 Å². The highest BCUT2D eigenvalue weighted by molar-refractivity contribution is 5.80. The third-order valence-corrected chi connectivity index (χ3v) is 5.42. The molecular formula is C20H33N5. The largest absolute Gasteiger partial charge is 0.356 e. The topological polar surface area (TPSA) is 34.1 Å². The Kier molecular flexibility index (Phi) is 6.32. The van der Waals surface area contributed by atoms with Gasteiger partial charge < -0.3 is 20.0 Å². The van der Waals surface area contributed by atoms with Crippen LogP contribution in [0.15, 0.2) is 29.3 Å². The van der Waals surface area contributed by atoms with E-state index in [1.165, 1.54) is 43.9 Å². The van der Waals surface area contributed by atoms with Gasteiger partial charge in [-0.2, -0.15) is 0 Å². The number of fused-ring (bicyclic) bond motifs is 1. The van der Waals surface area contributed by atoms with Crippen LogP contribution in [0, 0.1) is 5.92 Å². The molecule has 0 saturated carbocycles. The fraction of sp³-hybridized carbons (Fsp3) is 0.650. The lowest BCUT2D eigenvalue weighted by Crippen LogP contribution is -2.48. The maximum Gasteiger partial charge on any atom is 0.193 e. The molecule has 3 rings (SSSR count). The summed E-state index contributed by atoms with van der Waals surface area (Å²) in [7, 11) is 4.11. The molecule has 1 atom stereocenters. The summed E-state index contributed by atoms with van der Waals surface area (Å²) in [4.78, 5) is 11.9. The molecule has 1 saturated heterocycles. The van der Waals surface area contributed by atoms with E-state index in [0.717, 1.165) is 32.0 Å². The normalized spacial score (nSPS) is 21.1. The van der Waals surface area contributed by atoms with Crippen molar-refractivity contribution >= 4 is 5.96 Å². The van der Waals surface area contributed by atoms with E-state index in [1.54, 1.807) is 0 Å². The first kappa shape index (κ1) is 18.2. The van der Waals surface area contributed by atoms with Crippen LogP contribution in [0.5, 0.6) is 0 Å². The van der Waals surface area contributed by atoms with Gasteiger partial charge in [0.1, 0.15) is 0 Å². The van der Waals surface area contributed by atoms with E-state index >= 15 is 0 Å². The highest BCUT2D eigenvalue weighted by Crippen LogP contribution is 2.18. The van der Waals surface area contributed by atoms with E-state index in [9.17, 15) is 0 Å². The molecule has 0 spiro atoms. The fourth-order valence-electron chi connectivity index (χ4n) is 3.81. The predicted molar refractivity (Wildman–Crippen MR) is 105 cm³/mol. The Morgan fingerprint density at radius 2 is 1.84 bits per heavy atom. The number of rotatable bonds is 4. The van der Waals surface area contributed by atoms with Crippen molar-refractivity contribution in [2.75, 3.05) is 59.9 Å². The number of hydrogen-bond donors (Lipinski definition) is 1. The van der Waals surface area contributed by atoms with Crippen molar-refractivity contribution in [1.29, 1.82) is 0 Å².